The van der Waals surface area contributed by atoms with E-state index in [0.717, 1.165) is 0 Å². The van der Waals surface area contributed by atoms with E-state index in [1.807, 2.05) is 0 Å². The fourth-order valence-electron chi connectivity index (χ4n) is 3.42. The summed E-state index contributed by atoms with van der Waals surface area (Å²) in [6.45, 7) is 2.24. The molecule has 1 saturated heterocycles. The second kappa shape index (κ2) is 12.7. The zero-order valence-electron chi connectivity index (χ0n) is 20.3. The Morgan fingerprint density at radius 2 is 1.43 bits per heavy atom. The molecule has 0 saturated carbocycles. The van der Waals surface area contributed by atoms with Crippen LogP contribution in [0.15, 0.2) is 47.4 Å². The van der Waals surface area contributed by atoms with Crippen molar-refractivity contribution in [2.24, 2.45) is 0 Å². The van der Waals surface area contributed by atoms with E-state index in [1.54, 1.807) is 35.2 Å². The van der Waals surface area contributed by atoms with Crippen molar-refractivity contribution in [2.75, 3.05) is 45.7 Å². The molecule has 13 nitrogen and oxygen atoms in total. The zero-order valence-corrected chi connectivity index (χ0v) is 21.1. The quantitative estimate of drug-likeness (QED) is 0.449. The second-order valence-corrected chi connectivity index (χ2v) is 9.49. The average Bonchev–Trinajstić information content (AvgIpc) is 2.88. The molecule has 0 unspecified atom stereocenters. The van der Waals surface area contributed by atoms with Gasteiger partial charge in [-0.05, 0) is 36.4 Å². The van der Waals surface area contributed by atoms with Crippen molar-refractivity contribution in [1.82, 2.24) is 9.21 Å². The van der Waals surface area contributed by atoms with Crippen LogP contribution in [0.4, 0.5) is 5.69 Å². The van der Waals surface area contributed by atoms with E-state index in [2.05, 4.69) is 5.32 Å². The minimum atomic E-state index is -3.71. The van der Waals surface area contributed by atoms with Gasteiger partial charge in [-0.25, -0.2) is 18.0 Å². The number of carbonyl (C=O) groups is 4. The molecule has 0 aromatic heterocycles. The molecule has 3 N–H and O–H groups in total. The monoisotopic (exact) mass is 537 g/mol. The summed E-state index contributed by atoms with van der Waals surface area (Å²) in [7, 11) is -0.739. The van der Waals surface area contributed by atoms with Crippen molar-refractivity contribution in [3.8, 4) is 11.5 Å². The van der Waals surface area contributed by atoms with Crippen LogP contribution in [-0.4, -0.2) is 92.0 Å². The summed E-state index contributed by atoms with van der Waals surface area (Å²) >= 11 is 0. The first-order valence-corrected chi connectivity index (χ1v) is 12.2. The number of rotatable bonds is 6. The summed E-state index contributed by atoms with van der Waals surface area (Å²) in [5, 5.41) is 17.4. The number of carboxylic acid groups (broad SMARTS) is 2. The maximum absolute atomic E-state index is 13.0. The number of carboxylic acids is 2. The number of para-hydroxylation sites is 1. The van der Waals surface area contributed by atoms with Crippen LogP contribution in [-0.2, 0) is 24.4 Å². The Hall–Kier alpha value is -4.17. The number of nitrogens with one attached hydrogen (secondary N) is 1. The normalized spacial score (nSPS) is 13.5. The van der Waals surface area contributed by atoms with Gasteiger partial charge in [-0.15, -0.1) is 0 Å². The van der Waals surface area contributed by atoms with Crippen molar-refractivity contribution in [2.45, 2.75) is 11.8 Å². The topological polar surface area (TPSA) is 180 Å². The first-order valence-electron chi connectivity index (χ1n) is 10.8. The highest BCUT2D eigenvalue weighted by atomic mass is 32.2. The summed E-state index contributed by atoms with van der Waals surface area (Å²) in [4.78, 5) is 44.0. The van der Waals surface area contributed by atoms with Gasteiger partial charge < -0.3 is 29.9 Å². The lowest BCUT2D eigenvalue weighted by molar-refractivity contribution is -0.159. The van der Waals surface area contributed by atoms with E-state index in [4.69, 9.17) is 29.3 Å². The largest absolute Gasteiger partial charge is 0.493 e. The number of anilines is 1. The molecular formula is C23H27N3O10S. The predicted molar refractivity (Wildman–Crippen MR) is 130 cm³/mol. The van der Waals surface area contributed by atoms with Gasteiger partial charge >= 0.3 is 11.9 Å². The highest BCUT2D eigenvalue weighted by Crippen LogP contribution is 2.32. The SMILES string of the molecule is COc1cccc(C(=O)N2CCN(S(=O)(=O)c3ccc(NC(C)=O)cc3)CC2)c1OC.O=C(O)C(=O)O. The molecule has 0 radical (unpaired) electrons. The molecule has 1 heterocycles. The van der Waals surface area contributed by atoms with Crippen LogP contribution < -0.4 is 14.8 Å². The third kappa shape index (κ3) is 7.41. The third-order valence-electron chi connectivity index (χ3n) is 5.15. The lowest BCUT2D eigenvalue weighted by Crippen LogP contribution is -2.50. The summed E-state index contributed by atoms with van der Waals surface area (Å²) in [6, 6.07) is 11.1. The number of sulfonamides is 1. The Morgan fingerprint density at radius 1 is 0.865 bits per heavy atom. The fourth-order valence-corrected chi connectivity index (χ4v) is 4.84. The summed E-state index contributed by atoms with van der Waals surface area (Å²) < 4.78 is 37.8. The molecule has 37 heavy (non-hydrogen) atoms. The highest BCUT2D eigenvalue weighted by molar-refractivity contribution is 7.89. The number of nitrogens with zero attached hydrogens (tertiary/aromatic N) is 2. The van der Waals surface area contributed by atoms with E-state index in [0.29, 0.717) is 22.7 Å². The lowest BCUT2D eigenvalue weighted by atomic mass is 10.1. The van der Waals surface area contributed by atoms with Gasteiger partial charge in [-0.1, -0.05) is 6.07 Å². The minimum absolute atomic E-state index is 0.135. The van der Waals surface area contributed by atoms with Crippen molar-refractivity contribution < 1.29 is 47.3 Å². The Bertz CT molecular complexity index is 1240. The van der Waals surface area contributed by atoms with E-state index in [-0.39, 0.29) is 42.9 Å². The van der Waals surface area contributed by atoms with E-state index in [1.165, 1.54) is 37.6 Å². The van der Waals surface area contributed by atoms with Gasteiger partial charge in [0.25, 0.3) is 5.91 Å². The van der Waals surface area contributed by atoms with Crippen LogP contribution in [0.5, 0.6) is 11.5 Å². The number of carbonyl (C=O) groups excluding carboxylic acids is 2. The smallest absolute Gasteiger partial charge is 0.414 e. The molecule has 14 heteroatoms. The number of aliphatic carboxylic acids is 2. The zero-order chi connectivity index (χ0) is 27.8. The van der Waals surface area contributed by atoms with Crippen molar-refractivity contribution in [3.05, 3.63) is 48.0 Å². The number of hydrogen-bond acceptors (Lipinski definition) is 8. The van der Waals surface area contributed by atoms with Gasteiger partial charge in [0.15, 0.2) is 11.5 Å². The Morgan fingerprint density at radius 3 is 1.89 bits per heavy atom. The summed E-state index contributed by atoms with van der Waals surface area (Å²) in [5.74, 6) is -3.32. The molecule has 3 rings (SSSR count). The van der Waals surface area contributed by atoms with Gasteiger partial charge in [0.1, 0.15) is 0 Å². The number of methoxy groups -OCH3 is 2. The third-order valence-corrected chi connectivity index (χ3v) is 7.07. The predicted octanol–water partition coefficient (Wildman–Crippen LogP) is 0.965. The van der Waals surface area contributed by atoms with Crippen LogP contribution in [0.1, 0.15) is 17.3 Å². The van der Waals surface area contributed by atoms with Gasteiger partial charge in [-0.2, -0.15) is 4.31 Å². The molecule has 2 aromatic rings. The van der Waals surface area contributed by atoms with Gasteiger partial charge in [0, 0.05) is 38.8 Å². The van der Waals surface area contributed by atoms with Crippen LogP contribution >= 0.6 is 0 Å². The van der Waals surface area contributed by atoms with E-state index >= 15 is 0 Å². The van der Waals surface area contributed by atoms with Crippen molar-refractivity contribution in [1.29, 1.82) is 0 Å². The van der Waals surface area contributed by atoms with Crippen LogP contribution in [0, 0.1) is 0 Å². The van der Waals surface area contributed by atoms with E-state index < -0.39 is 22.0 Å². The number of piperazine rings is 1. The van der Waals surface area contributed by atoms with Crippen molar-refractivity contribution >= 4 is 39.5 Å². The fraction of sp³-hybridized carbons (Fsp3) is 0.304. The first kappa shape index (κ1) is 29.1. The van der Waals surface area contributed by atoms with Crippen molar-refractivity contribution in [3.63, 3.8) is 0 Å². The molecule has 1 aliphatic rings. The maximum atomic E-state index is 13.0. The Labute approximate surface area is 213 Å². The van der Waals surface area contributed by atoms with E-state index in [9.17, 15) is 18.0 Å². The lowest BCUT2D eigenvalue weighted by Gasteiger charge is -2.34. The average molecular weight is 538 g/mol. The number of amides is 2. The number of ether oxygens (including phenoxy) is 2. The van der Waals surface area contributed by atoms with Gasteiger partial charge in [-0.3, -0.25) is 9.59 Å². The standard InChI is InChI=1S/C21H25N3O6S.C2H2O4/c1-15(25)22-16-7-9-17(10-8-16)31(27,28)24-13-11-23(12-14-24)21(26)18-5-4-6-19(29-2)20(18)30-3;3-1(4)2(5)6/h4-10H,11-14H2,1-3H3,(H,22,25);(H,3,4)(H,5,6). The Balaban J connectivity index is 0.000000717. The molecule has 0 atom stereocenters. The van der Waals surface area contributed by atoms with Crippen LogP contribution in [0.3, 0.4) is 0 Å². The molecule has 0 aliphatic carbocycles. The number of benzene rings is 2. The molecule has 2 aromatic carbocycles. The first-order chi connectivity index (χ1) is 17.4. The molecular weight excluding hydrogens is 510 g/mol. The molecule has 0 bridgehead atoms. The second-order valence-electron chi connectivity index (χ2n) is 7.55. The molecule has 0 spiro atoms. The maximum Gasteiger partial charge on any atom is 0.414 e. The molecule has 1 fully saturated rings. The molecule has 1 aliphatic heterocycles. The van der Waals surface area contributed by atoms with Crippen LogP contribution in [0.25, 0.3) is 0 Å². The number of hydrogen-bond donors (Lipinski definition) is 3. The highest BCUT2D eigenvalue weighted by Gasteiger charge is 2.31. The minimum Gasteiger partial charge on any atom is -0.493 e. The summed E-state index contributed by atoms with van der Waals surface area (Å²) in [6.07, 6.45) is 0. The van der Waals surface area contributed by atoms with Gasteiger partial charge in [0.2, 0.25) is 15.9 Å². The molecule has 2 amide bonds. The summed E-state index contributed by atoms with van der Waals surface area (Å²) in [5.41, 5.74) is 0.890. The molecule has 200 valence electrons. The van der Waals surface area contributed by atoms with Gasteiger partial charge in [0.05, 0.1) is 24.7 Å². The Kier molecular flexibility index (Phi) is 9.97. The van der Waals surface area contributed by atoms with Crippen LogP contribution in [0.2, 0.25) is 0 Å².